The van der Waals surface area contributed by atoms with Crippen LogP contribution in [0.2, 0.25) is 5.15 Å². The van der Waals surface area contributed by atoms with Crippen LogP contribution in [-0.2, 0) is 23.3 Å². The summed E-state index contributed by atoms with van der Waals surface area (Å²) in [4.78, 5) is 28.6. The van der Waals surface area contributed by atoms with Crippen molar-refractivity contribution in [2.75, 3.05) is 6.54 Å². The highest BCUT2D eigenvalue weighted by atomic mass is 35.5. The second kappa shape index (κ2) is 13.5. The number of nitrogens with one attached hydrogen (secondary N) is 1. The standard InChI is InChI=1S/C32H35ClN4O3/c1-2-3-14-30-36-31(33)27(22-38)37(30)21-23-15-17-26(18-16-23)32(19-29(34)40,25-12-8-5-9-13-25)35-20-28(39)24-10-6-4-7-11-24/h4-13,15-18,22,28,35,39H,2-3,14,19-21H2,1H3,(H2,34,40). The molecule has 0 aliphatic rings. The lowest BCUT2D eigenvalue weighted by Gasteiger charge is -2.36. The number of amides is 1. The van der Waals surface area contributed by atoms with Crippen molar-refractivity contribution >= 4 is 23.8 Å². The first-order chi connectivity index (χ1) is 19.4. The summed E-state index contributed by atoms with van der Waals surface area (Å²) in [6.45, 7) is 2.73. The maximum atomic E-state index is 12.4. The maximum absolute atomic E-state index is 12.4. The lowest BCUT2D eigenvalue weighted by Crippen LogP contribution is -2.48. The molecule has 4 N–H and O–H groups in total. The third kappa shape index (κ3) is 6.67. The largest absolute Gasteiger partial charge is 0.387 e. The molecule has 0 aliphatic carbocycles. The number of hydrogen-bond donors (Lipinski definition) is 3. The van der Waals surface area contributed by atoms with Crippen LogP contribution in [0.4, 0.5) is 0 Å². The van der Waals surface area contributed by atoms with Gasteiger partial charge < -0.3 is 20.7 Å². The SMILES string of the molecule is CCCCc1nc(Cl)c(C=O)n1Cc1ccc(C(CC(N)=O)(NCC(O)c2ccccc2)c2ccccc2)cc1. The monoisotopic (exact) mass is 558 g/mol. The van der Waals surface area contributed by atoms with Gasteiger partial charge in [0.05, 0.1) is 18.1 Å². The molecule has 0 saturated carbocycles. The van der Waals surface area contributed by atoms with E-state index in [0.29, 0.717) is 12.2 Å². The Bertz CT molecular complexity index is 1410. The lowest BCUT2D eigenvalue weighted by molar-refractivity contribution is -0.119. The summed E-state index contributed by atoms with van der Waals surface area (Å²) in [6, 6.07) is 26.9. The molecule has 2 atom stereocenters. The van der Waals surface area contributed by atoms with Crippen LogP contribution in [0.15, 0.2) is 84.9 Å². The van der Waals surface area contributed by atoms with Crippen LogP contribution in [0.25, 0.3) is 0 Å². The molecular weight excluding hydrogens is 524 g/mol. The molecule has 0 bridgehead atoms. The Labute approximate surface area is 240 Å². The lowest BCUT2D eigenvalue weighted by atomic mass is 9.79. The molecule has 2 unspecified atom stereocenters. The second-order valence-corrected chi connectivity index (χ2v) is 10.3. The van der Waals surface area contributed by atoms with Gasteiger partial charge in [0.2, 0.25) is 5.91 Å². The zero-order valence-corrected chi connectivity index (χ0v) is 23.3. The number of carbonyl (C=O) groups excluding carboxylic acids is 2. The van der Waals surface area contributed by atoms with Crippen molar-refractivity contribution < 1.29 is 14.7 Å². The first-order valence-corrected chi connectivity index (χ1v) is 13.9. The molecule has 1 heterocycles. The summed E-state index contributed by atoms with van der Waals surface area (Å²) in [7, 11) is 0. The van der Waals surface area contributed by atoms with Crippen molar-refractivity contribution in [1.29, 1.82) is 0 Å². The summed E-state index contributed by atoms with van der Waals surface area (Å²) in [5, 5.41) is 14.6. The fraction of sp³-hybridized carbons (Fsp3) is 0.281. The number of unbranched alkanes of at least 4 members (excludes halogenated alkanes) is 1. The third-order valence-corrected chi connectivity index (χ3v) is 7.46. The van der Waals surface area contributed by atoms with Gasteiger partial charge in [0, 0.05) is 19.5 Å². The molecule has 0 fully saturated rings. The summed E-state index contributed by atoms with van der Waals surface area (Å²) < 4.78 is 1.86. The van der Waals surface area contributed by atoms with E-state index in [1.54, 1.807) is 0 Å². The Morgan fingerprint density at radius 1 is 1.05 bits per heavy atom. The number of nitrogens with zero attached hydrogens (tertiary/aromatic N) is 2. The normalized spacial score (nSPS) is 13.5. The van der Waals surface area contributed by atoms with E-state index < -0.39 is 17.6 Å². The van der Waals surface area contributed by atoms with Gasteiger partial charge in [-0.2, -0.15) is 0 Å². The van der Waals surface area contributed by atoms with Gasteiger partial charge in [0.25, 0.3) is 0 Å². The smallest absolute Gasteiger partial charge is 0.219 e. The van der Waals surface area contributed by atoms with Gasteiger partial charge in [-0.25, -0.2) is 4.98 Å². The number of nitrogens with two attached hydrogens (primary N) is 1. The van der Waals surface area contributed by atoms with Crippen molar-refractivity contribution in [1.82, 2.24) is 14.9 Å². The number of aromatic nitrogens is 2. The van der Waals surface area contributed by atoms with Crippen molar-refractivity contribution in [3.05, 3.63) is 124 Å². The van der Waals surface area contributed by atoms with E-state index in [2.05, 4.69) is 17.2 Å². The molecule has 7 nitrogen and oxygen atoms in total. The van der Waals surface area contributed by atoms with E-state index >= 15 is 0 Å². The van der Waals surface area contributed by atoms with Crippen LogP contribution in [-0.4, -0.2) is 33.4 Å². The number of aliphatic hydroxyl groups is 1. The third-order valence-electron chi connectivity index (χ3n) is 7.18. The summed E-state index contributed by atoms with van der Waals surface area (Å²) in [5.74, 6) is 0.306. The number of primary amides is 1. The fourth-order valence-electron chi connectivity index (χ4n) is 5.06. The molecule has 3 aromatic carbocycles. The average Bonchev–Trinajstić information content (AvgIpc) is 3.28. The Kier molecular flexibility index (Phi) is 9.88. The van der Waals surface area contributed by atoms with Crippen molar-refractivity contribution in [3.63, 3.8) is 0 Å². The zero-order chi connectivity index (χ0) is 28.5. The molecule has 40 heavy (non-hydrogen) atoms. The number of carbonyl (C=O) groups is 2. The minimum absolute atomic E-state index is 0.00848. The molecule has 8 heteroatoms. The first-order valence-electron chi connectivity index (χ1n) is 13.5. The van der Waals surface area contributed by atoms with Crippen LogP contribution in [0.1, 0.15) is 70.9 Å². The Hall–Kier alpha value is -3.78. The van der Waals surface area contributed by atoms with Gasteiger partial charge in [0.1, 0.15) is 11.5 Å². The molecule has 0 saturated heterocycles. The summed E-state index contributed by atoms with van der Waals surface area (Å²) in [6.07, 6.45) is 2.62. The van der Waals surface area contributed by atoms with Gasteiger partial charge in [-0.1, -0.05) is 110 Å². The van der Waals surface area contributed by atoms with E-state index in [1.807, 2.05) is 89.5 Å². The number of halogens is 1. The van der Waals surface area contributed by atoms with Crippen LogP contribution in [0.5, 0.6) is 0 Å². The Balaban J connectivity index is 1.69. The molecule has 0 spiro atoms. The highest BCUT2D eigenvalue weighted by Gasteiger charge is 2.36. The van der Waals surface area contributed by atoms with Crippen molar-refractivity contribution in [2.24, 2.45) is 5.73 Å². The van der Waals surface area contributed by atoms with Gasteiger partial charge >= 0.3 is 0 Å². The van der Waals surface area contributed by atoms with E-state index in [0.717, 1.165) is 53.6 Å². The molecule has 1 amide bonds. The van der Waals surface area contributed by atoms with Crippen LogP contribution < -0.4 is 11.1 Å². The van der Waals surface area contributed by atoms with E-state index in [4.69, 9.17) is 17.3 Å². The highest BCUT2D eigenvalue weighted by molar-refractivity contribution is 6.31. The molecule has 4 aromatic rings. The maximum Gasteiger partial charge on any atom is 0.219 e. The second-order valence-electron chi connectivity index (χ2n) is 9.93. The Morgan fingerprint density at radius 3 is 2.27 bits per heavy atom. The molecule has 0 radical (unpaired) electrons. The van der Waals surface area contributed by atoms with Crippen molar-refractivity contribution in [3.8, 4) is 0 Å². The van der Waals surface area contributed by atoms with E-state index in [9.17, 15) is 14.7 Å². The predicted molar refractivity (Wildman–Crippen MR) is 157 cm³/mol. The minimum Gasteiger partial charge on any atom is -0.387 e. The summed E-state index contributed by atoms with van der Waals surface area (Å²) in [5.41, 5.74) is 8.59. The van der Waals surface area contributed by atoms with E-state index in [-0.39, 0.29) is 18.1 Å². The fourth-order valence-corrected chi connectivity index (χ4v) is 5.30. The summed E-state index contributed by atoms with van der Waals surface area (Å²) >= 11 is 6.27. The number of aryl methyl sites for hydroxylation is 1. The number of hydrogen-bond acceptors (Lipinski definition) is 5. The van der Waals surface area contributed by atoms with E-state index in [1.165, 1.54) is 0 Å². The molecule has 0 aliphatic heterocycles. The topological polar surface area (TPSA) is 110 Å². The molecular formula is C32H35ClN4O3. The minimum atomic E-state index is -0.972. The van der Waals surface area contributed by atoms with Gasteiger partial charge in [-0.15, -0.1) is 0 Å². The van der Waals surface area contributed by atoms with Gasteiger partial charge in [-0.3, -0.25) is 9.59 Å². The van der Waals surface area contributed by atoms with Gasteiger partial charge in [0.15, 0.2) is 11.4 Å². The number of aldehydes is 1. The van der Waals surface area contributed by atoms with Crippen LogP contribution in [0.3, 0.4) is 0 Å². The first kappa shape index (κ1) is 29.2. The number of benzene rings is 3. The number of imidazole rings is 1. The molecule has 208 valence electrons. The zero-order valence-electron chi connectivity index (χ0n) is 22.6. The molecule has 4 rings (SSSR count). The van der Waals surface area contributed by atoms with Crippen molar-refractivity contribution in [2.45, 2.75) is 50.8 Å². The Morgan fingerprint density at radius 2 is 1.68 bits per heavy atom. The number of aliphatic hydroxyl groups excluding tert-OH is 1. The predicted octanol–water partition coefficient (Wildman–Crippen LogP) is 5.18. The highest BCUT2D eigenvalue weighted by Crippen LogP contribution is 2.34. The molecule has 1 aromatic heterocycles. The number of rotatable bonds is 14. The van der Waals surface area contributed by atoms with Gasteiger partial charge in [-0.05, 0) is 28.7 Å². The van der Waals surface area contributed by atoms with Crippen LogP contribution >= 0.6 is 11.6 Å². The quantitative estimate of drug-likeness (QED) is 0.185. The average molecular weight is 559 g/mol. The van der Waals surface area contributed by atoms with Crippen LogP contribution in [0, 0.1) is 0 Å².